The van der Waals surface area contributed by atoms with E-state index >= 15 is 0 Å². The molecule has 6 rings (SSSR count). The summed E-state index contributed by atoms with van der Waals surface area (Å²) in [6.45, 7) is 4.66. The Bertz CT molecular complexity index is 1130. The normalized spacial score (nSPS) is 23.3. The molecule has 1 N–H and O–H groups in total. The number of halogens is 2. The molecule has 0 bridgehead atoms. The minimum Gasteiger partial charge on any atom is -0.357 e. The van der Waals surface area contributed by atoms with Gasteiger partial charge in [0, 0.05) is 67.3 Å². The van der Waals surface area contributed by atoms with Gasteiger partial charge in [-0.3, -0.25) is 4.90 Å². The monoisotopic (exact) mass is 452 g/mol. The van der Waals surface area contributed by atoms with Gasteiger partial charge in [0.25, 0.3) is 6.43 Å². The van der Waals surface area contributed by atoms with Crippen LogP contribution in [0.5, 0.6) is 0 Å². The predicted molar refractivity (Wildman–Crippen MR) is 125 cm³/mol. The van der Waals surface area contributed by atoms with Crippen molar-refractivity contribution in [3.05, 3.63) is 53.5 Å². The van der Waals surface area contributed by atoms with Gasteiger partial charge in [-0.1, -0.05) is 18.2 Å². The Kier molecular flexibility index (Phi) is 5.10. The third kappa shape index (κ3) is 3.69. The van der Waals surface area contributed by atoms with Gasteiger partial charge in [0.1, 0.15) is 0 Å². The minimum absolute atomic E-state index is 0.260. The number of benzene rings is 1. The fourth-order valence-corrected chi connectivity index (χ4v) is 6.27. The highest BCUT2D eigenvalue weighted by Crippen LogP contribution is 2.41. The van der Waals surface area contributed by atoms with E-state index in [9.17, 15) is 8.78 Å². The number of aromatic amines is 1. The second kappa shape index (κ2) is 8.02. The maximum atomic E-state index is 13.4. The maximum absolute atomic E-state index is 13.4. The first kappa shape index (κ1) is 21.0. The number of para-hydroxylation sites is 1. The lowest BCUT2D eigenvalue weighted by Crippen LogP contribution is -2.58. The number of nitrogens with zero attached hydrogens (tertiary/aromatic N) is 5. The number of rotatable bonds is 4. The summed E-state index contributed by atoms with van der Waals surface area (Å²) in [5, 5.41) is 1.18. The number of anilines is 1. The molecule has 1 spiro atoms. The lowest BCUT2D eigenvalue weighted by molar-refractivity contribution is 0.00110. The number of aromatic nitrogens is 3. The Balaban J connectivity index is 1.27. The zero-order valence-corrected chi connectivity index (χ0v) is 19.0. The number of alkyl halides is 2. The fourth-order valence-electron chi connectivity index (χ4n) is 6.27. The van der Waals surface area contributed by atoms with Crippen LogP contribution in [-0.2, 0) is 6.42 Å². The molecule has 0 radical (unpaired) electrons. The highest BCUT2D eigenvalue weighted by Gasteiger charge is 2.43. The van der Waals surface area contributed by atoms with Crippen molar-refractivity contribution in [2.45, 2.75) is 31.7 Å². The molecule has 2 saturated heterocycles. The molecule has 3 aromatic rings. The summed E-state index contributed by atoms with van der Waals surface area (Å²) >= 11 is 0. The fraction of sp³-hybridized carbons (Fsp3) is 0.520. The molecule has 174 valence electrons. The summed E-state index contributed by atoms with van der Waals surface area (Å²) < 4.78 is 26.8. The number of hydrogen-bond acceptors (Lipinski definition) is 5. The third-order valence-electron chi connectivity index (χ3n) is 7.80. The summed E-state index contributed by atoms with van der Waals surface area (Å²) in [5.41, 5.74) is 4.61. The van der Waals surface area contributed by atoms with Crippen molar-refractivity contribution >= 4 is 16.9 Å². The summed E-state index contributed by atoms with van der Waals surface area (Å²) in [4.78, 5) is 19.4. The number of nitrogens with one attached hydrogen (secondary N) is 1. The summed E-state index contributed by atoms with van der Waals surface area (Å²) in [5.74, 6) is 0.745. The lowest BCUT2D eigenvalue weighted by Gasteiger charge is -2.52. The number of H-pyrrole nitrogens is 1. The molecule has 1 aromatic carbocycles. The molecule has 3 aliphatic rings. The average Bonchev–Trinajstić information content (AvgIpc) is 3.17. The highest BCUT2D eigenvalue weighted by molar-refractivity contribution is 5.85. The summed E-state index contributed by atoms with van der Waals surface area (Å²) in [6.07, 6.45) is 4.40. The van der Waals surface area contributed by atoms with Crippen LogP contribution >= 0.6 is 0 Å². The first-order valence-electron chi connectivity index (χ1n) is 11.9. The molecule has 2 aromatic heterocycles. The quantitative estimate of drug-likeness (QED) is 0.654. The van der Waals surface area contributed by atoms with Crippen molar-refractivity contribution in [3.8, 4) is 0 Å². The highest BCUT2D eigenvalue weighted by atomic mass is 19.3. The van der Waals surface area contributed by atoms with Crippen LogP contribution in [0.1, 0.15) is 35.7 Å². The Hall–Kier alpha value is -2.58. The molecule has 0 aliphatic carbocycles. The van der Waals surface area contributed by atoms with Gasteiger partial charge in [-0.2, -0.15) is 0 Å². The van der Waals surface area contributed by atoms with Crippen LogP contribution in [0.2, 0.25) is 0 Å². The van der Waals surface area contributed by atoms with Gasteiger partial charge in [0.05, 0.1) is 12.6 Å². The van der Waals surface area contributed by atoms with Crippen LogP contribution in [0.3, 0.4) is 0 Å². The topological polar surface area (TPSA) is 51.3 Å². The number of piperidine rings is 1. The molecular weight excluding hydrogens is 422 g/mol. The molecule has 8 heteroatoms. The zero-order valence-electron chi connectivity index (χ0n) is 19.0. The van der Waals surface area contributed by atoms with E-state index in [0.717, 1.165) is 42.2 Å². The van der Waals surface area contributed by atoms with Crippen LogP contribution in [0.15, 0.2) is 36.7 Å². The standard InChI is InChI=1S/C25H30F2N6/c1-31-15-25(16-31)7-10-32(11-8-25)24-28-12-17(13-29-24)23-22-19(6-9-33(23)14-21(26)27)18-4-2-3-5-20(18)30-22/h2-5,12-13,21,23,30H,6-11,14-16H2,1H3. The van der Waals surface area contributed by atoms with Gasteiger partial charge in [-0.25, -0.2) is 18.7 Å². The SMILES string of the molecule is CN1CC2(CCN(c3ncc(C4c5[nH]c6ccccc6c5CCN4CC(F)F)cn3)CC2)C1. The first-order valence-corrected chi connectivity index (χ1v) is 11.9. The van der Waals surface area contributed by atoms with Crippen molar-refractivity contribution in [1.82, 2.24) is 24.8 Å². The van der Waals surface area contributed by atoms with Gasteiger partial charge in [-0.05, 0) is 43.4 Å². The van der Waals surface area contributed by atoms with Crippen LogP contribution in [0.4, 0.5) is 14.7 Å². The Morgan fingerprint density at radius 3 is 2.52 bits per heavy atom. The van der Waals surface area contributed by atoms with Crippen molar-refractivity contribution < 1.29 is 8.78 Å². The average molecular weight is 453 g/mol. The van der Waals surface area contributed by atoms with Gasteiger partial charge in [0.15, 0.2) is 0 Å². The molecule has 5 heterocycles. The van der Waals surface area contributed by atoms with Crippen LogP contribution in [-0.4, -0.2) is 77.5 Å². The third-order valence-corrected chi connectivity index (χ3v) is 7.80. The van der Waals surface area contributed by atoms with Crippen molar-refractivity contribution in [3.63, 3.8) is 0 Å². The van der Waals surface area contributed by atoms with E-state index in [1.165, 1.54) is 36.9 Å². The van der Waals surface area contributed by atoms with E-state index in [1.807, 2.05) is 35.5 Å². The molecule has 1 unspecified atom stereocenters. The van der Waals surface area contributed by atoms with Crippen molar-refractivity contribution in [1.29, 1.82) is 0 Å². The van der Waals surface area contributed by atoms with Gasteiger partial charge >= 0.3 is 0 Å². The zero-order chi connectivity index (χ0) is 22.6. The molecule has 3 aliphatic heterocycles. The number of likely N-dealkylation sites (tertiary alicyclic amines) is 1. The Labute approximate surface area is 192 Å². The number of fused-ring (bicyclic) bond motifs is 3. The van der Waals surface area contributed by atoms with Crippen LogP contribution < -0.4 is 4.90 Å². The molecule has 2 fully saturated rings. The van der Waals surface area contributed by atoms with Gasteiger partial charge in [0.2, 0.25) is 5.95 Å². The molecule has 1 atom stereocenters. The van der Waals surface area contributed by atoms with Gasteiger partial charge in [-0.15, -0.1) is 0 Å². The van der Waals surface area contributed by atoms with E-state index in [-0.39, 0.29) is 12.6 Å². The van der Waals surface area contributed by atoms with E-state index in [4.69, 9.17) is 9.97 Å². The lowest BCUT2D eigenvalue weighted by atomic mass is 9.72. The van der Waals surface area contributed by atoms with Crippen LogP contribution in [0.25, 0.3) is 10.9 Å². The van der Waals surface area contributed by atoms with Crippen molar-refractivity contribution in [2.75, 3.05) is 51.2 Å². The van der Waals surface area contributed by atoms with Crippen LogP contribution in [0, 0.1) is 5.41 Å². The molecular formula is C25H30F2N6. The second-order valence-corrected chi connectivity index (χ2v) is 10.1. The second-order valence-electron chi connectivity index (χ2n) is 10.1. The minimum atomic E-state index is -2.38. The van der Waals surface area contributed by atoms with Crippen molar-refractivity contribution in [2.24, 2.45) is 5.41 Å². The summed E-state index contributed by atoms with van der Waals surface area (Å²) in [7, 11) is 2.18. The Morgan fingerprint density at radius 2 is 1.82 bits per heavy atom. The summed E-state index contributed by atoms with van der Waals surface area (Å²) in [6, 6.07) is 7.88. The molecule has 0 amide bonds. The van der Waals surface area contributed by atoms with E-state index in [2.05, 4.69) is 27.9 Å². The Morgan fingerprint density at radius 1 is 1.09 bits per heavy atom. The van der Waals surface area contributed by atoms with E-state index in [1.54, 1.807) is 0 Å². The van der Waals surface area contributed by atoms with Gasteiger partial charge < -0.3 is 14.8 Å². The smallest absolute Gasteiger partial charge is 0.251 e. The predicted octanol–water partition coefficient (Wildman–Crippen LogP) is 3.70. The molecule has 6 nitrogen and oxygen atoms in total. The maximum Gasteiger partial charge on any atom is 0.251 e. The molecule has 33 heavy (non-hydrogen) atoms. The largest absolute Gasteiger partial charge is 0.357 e. The first-order chi connectivity index (χ1) is 16.0. The van der Waals surface area contributed by atoms with E-state index < -0.39 is 6.43 Å². The van der Waals surface area contributed by atoms with E-state index in [0.29, 0.717) is 12.0 Å². The molecule has 0 saturated carbocycles. The number of hydrogen-bond donors (Lipinski definition) is 1.